The number of hydrogen-bond acceptors (Lipinski definition) is 5. The van der Waals surface area contributed by atoms with Crippen molar-refractivity contribution in [3.63, 3.8) is 0 Å². The summed E-state index contributed by atoms with van der Waals surface area (Å²) in [7, 11) is 0. The quantitative estimate of drug-likeness (QED) is 0.808. The molecule has 0 unspecified atom stereocenters. The number of nitrogens with zero attached hydrogens (tertiary/aromatic N) is 2. The summed E-state index contributed by atoms with van der Waals surface area (Å²) in [4.78, 5) is 12.0. The average molecular weight is 304 g/mol. The molecule has 7 heteroatoms. The normalized spacial score (nSPS) is 20.1. The van der Waals surface area contributed by atoms with Crippen molar-refractivity contribution in [2.24, 2.45) is 0 Å². The number of aliphatic hydroxyl groups excluding tert-OH is 1. The molecule has 3 N–H and O–H groups in total. The maximum Gasteiger partial charge on any atom is 0.321 e. The maximum absolute atomic E-state index is 12.0. The van der Waals surface area contributed by atoms with E-state index in [9.17, 15) is 9.90 Å². The highest BCUT2D eigenvalue weighted by atomic mass is 32.1. The molecule has 1 aliphatic rings. The molecule has 0 aliphatic heterocycles. The molecule has 0 bridgehead atoms. The highest BCUT2D eigenvalue weighted by Crippen LogP contribution is 2.31. The Hall–Kier alpha value is -1.99. The molecular weight excluding hydrogens is 288 g/mol. The summed E-state index contributed by atoms with van der Waals surface area (Å²) in [5, 5.41) is 24.7. The van der Waals surface area contributed by atoms with E-state index in [1.807, 2.05) is 31.2 Å². The summed E-state index contributed by atoms with van der Waals surface area (Å²) in [6.45, 7) is 1.98. The van der Waals surface area contributed by atoms with Crippen LogP contribution >= 0.6 is 11.3 Å². The number of aliphatic hydroxyl groups is 1. The number of nitrogens with one attached hydrogen (secondary N) is 2. The van der Waals surface area contributed by atoms with Crippen molar-refractivity contribution in [3.05, 3.63) is 40.4 Å². The molecule has 6 nitrogen and oxygen atoms in total. The maximum atomic E-state index is 12.0. The van der Waals surface area contributed by atoms with E-state index in [0.29, 0.717) is 11.6 Å². The Bertz CT molecular complexity index is 658. The number of anilines is 1. The lowest BCUT2D eigenvalue weighted by Gasteiger charge is -2.17. The second kappa shape index (κ2) is 5.79. The minimum Gasteiger partial charge on any atom is -0.390 e. The fraction of sp³-hybridized carbons (Fsp3) is 0.357. The minimum absolute atomic E-state index is 0.380. The third-order valence-electron chi connectivity index (χ3n) is 3.48. The van der Waals surface area contributed by atoms with Crippen LogP contribution in [0.1, 0.15) is 29.1 Å². The molecule has 110 valence electrons. The molecule has 0 fully saturated rings. The van der Waals surface area contributed by atoms with Crippen molar-refractivity contribution in [2.75, 3.05) is 5.32 Å². The Morgan fingerprint density at radius 2 is 2.24 bits per heavy atom. The van der Waals surface area contributed by atoms with Crippen molar-refractivity contribution < 1.29 is 9.90 Å². The molecule has 1 aromatic carbocycles. The lowest BCUT2D eigenvalue weighted by Crippen LogP contribution is -2.36. The molecule has 0 radical (unpaired) electrons. The molecule has 1 aromatic heterocycles. The summed E-state index contributed by atoms with van der Waals surface area (Å²) in [5.74, 6) is 0. The van der Waals surface area contributed by atoms with E-state index >= 15 is 0 Å². The largest absolute Gasteiger partial charge is 0.390 e. The van der Waals surface area contributed by atoms with Gasteiger partial charge in [-0.1, -0.05) is 42.5 Å². The first-order valence-electron chi connectivity index (χ1n) is 6.83. The van der Waals surface area contributed by atoms with Crippen molar-refractivity contribution in [3.8, 4) is 0 Å². The van der Waals surface area contributed by atoms with Gasteiger partial charge in [-0.05, 0) is 17.5 Å². The van der Waals surface area contributed by atoms with Crippen LogP contribution in [0.5, 0.6) is 0 Å². The van der Waals surface area contributed by atoms with Crippen molar-refractivity contribution in [1.29, 1.82) is 0 Å². The molecule has 2 aromatic rings. The zero-order valence-corrected chi connectivity index (χ0v) is 12.4. The van der Waals surface area contributed by atoms with Crippen LogP contribution in [0.4, 0.5) is 9.93 Å². The van der Waals surface area contributed by atoms with Crippen LogP contribution in [0, 0.1) is 0 Å². The van der Waals surface area contributed by atoms with Gasteiger partial charge in [0, 0.05) is 6.42 Å². The first kappa shape index (κ1) is 14.0. The number of fused-ring (bicyclic) bond motifs is 1. The summed E-state index contributed by atoms with van der Waals surface area (Å²) < 4.78 is 0. The van der Waals surface area contributed by atoms with E-state index in [2.05, 4.69) is 20.8 Å². The Kier molecular flexibility index (Phi) is 3.85. The van der Waals surface area contributed by atoms with Crippen LogP contribution < -0.4 is 10.6 Å². The van der Waals surface area contributed by atoms with Gasteiger partial charge >= 0.3 is 6.03 Å². The summed E-state index contributed by atoms with van der Waals surface area (Å²) >= 11 is 1.35. The van der Waals surface area contributed by atoms with E-state index in [-0.39, 0.29) is 12.1 Å². The van der Waals surface area contributed by atoms with Gasteiger partial charge in [-0.3, -0.25) is 5.32 Å². The van der Waals surface area contributed by atoms with E-state index in [4.69, 9.17) is 0 Å². The average Bonchev–Trinajstić information content (AvgIpc) is 3.04. The van der Waals surface area contributed by atoms with Crippen molar-refractivity contribution >= 4 is 22.5 Å². The lowest BCUT2D eigenvalue weighted by molar-refractivity contribution is 0.144. The molecule has 0 saturated carbocycles. The minimum atomic E-state index is -0.603. The number of carbonyl (C=O) groups excluding carboxylic acids is 1. The van der Waals surface area contributed by atoms with Gasteiger partial charge in [-0.15, -0.1) is 10.2 Å². The summed E-state index contributed by atoms with van der Waals surface area (Å²) in [5.41, 5.74) is 2.03. The Labute approximate surface area is 126 Å². The van der Waals surface area contributed by atoms with E-state index in [1.165, 1.54) is 11.3 Å². The smallest absolute Gasteiger partial charge is 0.321 e. The molecule has 3 rings (SSSR count). The zero-order chi connectivity index (χ0) is 14.8. The fourth-order valence-corrected chi connectivity index (χ4v) is 3.14. The third kappa shape index (κ3) is 2.88. The number of benzene rings is 1. The molecular formula is C14H16N4O2S. The first-order valence-corrected chi connectivity index (χ1v) is 7.64. The van der Waals surface area contributed by atoms with Gasteiger partial charge in [0.2, 0.25) is 5.13 Å². The predicted molar refractivity (Wildman–Crippen MR) is 80.3 cm³/mol. The Balaban J connectivity index is 1.67. The fourth-order valence-electron chi connectivity index (χ4n) is 2.47. The van der Waals surface area contributed by atoms with Crippen LogP contribution in [-0.2, 0) is 12.8 Å². The first-order chi connectivity index (χ1) is 10.2. The molecule has 2 amide bonds. The van der Waals surface area contributed by atoms with Gasteiger partial charge in [0.1, 0.15) is 5.01 Å². The number of urea groups is 1. The topological polar surface area (TPSA) is 87.1 Å². The zero-order valence-electron chi connectivity index (χ0n) is 11.5. The number of carbonyl (C=O) groups is 1. The molecule has 1 heterocycles. The van der Waals surface area contributed by atoms with E-state index in [1.54, 1.807) is 0 Å². The monoisotopic (exact) mass is 304 g/mol. The van der Waals surface area contributed by atoms with Gasteiger partial charge in [0.15, 0.2) is 0 Å². The third-order valence-corrected chi connectivity index (χ3v) is 4.46. The molecule has 2 atom stereocenters. The van der Waals surface area contributed by atoms with Crippen LogP contribution in [0.25, 0.3) is 0 Å². The SMILES string of the molecule is CCc1nnc(NC(=O)N[C@H]2c3ccccc3C[C@H]2O)s1. The second-order valence-corrected chi connectivity index (χ2v) is 5.96. The van der Waals surface area contributed by atoms with E-state index in [0.717, 1.165) is 22.6 Å². The van der Waals surface area contributed by atoms with Gasteiger partial charge in [-0.2, -0.15) is 0 Å². The number of aryl methyl sites for hydroxylation is 1. The number of hydrogen-bond donors (Lipinski definition) is 3. The lowest BCUT2D eigenvalue weighted by atomic mass is 10.1. The van der Waals surface area contributed by atoms with Gasteiger partial charge in [-0.25, -0.2) is 4.79 Å². The van der Waals surface area contributed by atoms with Crippen molar-refractivity contribution in [2.45, 2.75) is 31.9 Å². The van der Waals surface area contributed by atoms with Gasteiger partial charge in [0.25, 0.3) is 0 Å². The molecule has 0 spiro atoms. The van der Waals surface area contributed by atoms with Crippen LogP contribution in [0.3, 0.4) is 0 Å². The highest BCUT2D eigenvalue weighted by Gasteiger charge is 2.31. The summed E-state index contributed by atoms with van der Waals surface area (Å²) in [6.07, 6.45) is 0.740. The van der Waals surface area contributed by atoms with Crippen molar-refractivity contribution in [1.82, 2.24) is 15.5 Å². The highest BCUT2D eigenvalue weighted by molar-refractivity contribution is 7.15. The van der Waals surface area contributed by atoms with E-state index < -0.39 is 6.10 Å². The number of aromatic nitrogens is 2. The van der Waals surface area contributed by atoms with Gasteiger partial charge in [0.05, 0.1) is 12.1 Å². The van der Waals surface area contributed by atoms with Crippen LogP contribution in [0.2, 0.25) is 0 Å². The van der Waals surface area contributed by atoms with Gasteiger partial charge < -0.3 is 10.4 Å². The van der Waals surface area contributed by atoms with Crippen LogP contribution in [0.15, 0.2) is 24.3 Å². The van der Waals surface area contributed by atoms with Crippen LogP contribution in [-0.4, -0.2) is 27.4 Å². The Morgan fingerprint density at radius 3 is 3.00 bits per heavy atom. The Morgan fingerprint density at radius 1 is 1.43 bits per heavy atom. The number of rotatable bonds is 3. The predicted octanol–water partition coefficient (Wildman–Crippen LogP) is 1.88. The standard InChI is InChI=1S/C14H16N4O2S/c1-2-11-17-18-14(21-11)16-13(20)15-12-9-6-4-3-5-8(9)7-10(12)19/h3-6,10,12,19H,2,7H2,1H3,(H2,15,16,18,20)/t10-,12+/m1/s1. The molecule has 0 saturated heterocycles. The summed E-state index contributed by atoms with van der Waals surface area (Å²) in [6, 6.07) is 6.96. The molecule has 21 heavy (non-hydrogen) atoms. The second-order valence-electron chi connectivity index (χ2n) is 4.90. The molecule has 1 aliphatic carbocycles. The number of amides is 2.